The standard InChI is InChI=1S/C12H11NO2/c1-9-4-5-11(10(8-9)12(14)15)13-6-2-3-7-13/h2-8H,1H3,(H,14,15). The predicted molar refractivity (Wildman–Crippen MR) is 57.5 cm³/mol. The third kappa shape index (κ3) is 1.76. The molecule has 2 aromatic rings. The Morgan fingerprint density at radius 1 is 1.27 bits per heavy atom. The first kappa shape index (κ1) is 9.52. The van der Waals surface area contributed by atoms with Gasteiger partial charge >= 0.3 is 5.97 Å². The Labute approximate surface area is 87.6 Å². The van der Waals surface area contributed by atoms with E-state index in [0.717, 1.165) is 5.56 Å². The fourth-order valence-corrected chi connectivity index (χ4v) is 1.54. The zero-order valence-electron chi connectivity index (χ0n) is 8.34. The van der Waals surface area contributed by atoms with Gasteiger partial charge in [-0.1, -0.05) is 11.6 Å². The number of benzene rings is 1. The second-order valence-electron chi connectivity index (χ2n) is 3.42. The molecular weight excluding hydrogens is 190 g/mol. The van der Waals surface area contributed by atoms with Crippen molar-refractivity contribution < 1.29 is 9.90 Å². The SMILES string of the molecule is Cc1ccc(-n2cccc2)c(C(=O)O)c1. The quantitative estimate of drug-likeness (QED) is 0.811. The number of aromatic nitrogens is 1. The molecule has 1 aromatic heterocycles. The van der Waals surface area contributed by atoms with Crippen LogP contribution in [0.3, 0.4) is 0 Å². The zero-order chi connectivity index (χ0) is 10.8. The van der Waals surface area contributed by atoms with Gasteiger partial charge in [-0.05, 0) is 31.2 Å². The zero-order valence-corrected chi connectivity index (χ0v) is 8.34. The van der Waals surface area contributed by atoms with Gasteiger partial charge in [-0.15, -0.1) is 0 Å². The van der Waals surface area contributed by atoms with Crippen molar-refractivity contribution in [2.75, 3.05) is 0 Å². The predicted octanol–water partition coefficient (Wildman–Crippen LogP) is 2.48. The molecule has 3 heteroatoms. The highest BCUT2D eigenvalue weighted by molar-refractivity contribution is 5.92. The van der Waals surface area contributed by atoms with Crippen LogP contribution in [0.25, 0.3) is 5.69 Å². The van der Waals surface area contributed by atoms with Gasteiger partial charge in [0, 0.05) is 12.4 Å². The van der Waals surface area contributed by atoms with Gasteiger partial charge in [0.05, 0.1) is 11.3 Å². The van der Waals surface area contributed by atoms with E-state index in [1.54, 1.807) is 10.6 Å². The molecule has 2 rings (SSSR count). The molecule has 1 N–H and O–H groups in total. The molecule has 0 saturated carbocycles. The molecule has 0 amide bonds. The molecule has 0 unspecified atom stereocenters. The van der Waals surface area contributed by atoms with Crippen molar-refractivity contribution in [3.8, 4) is 5.69 Å². The van der Waals surface area contributed by atoms with Crippen molar-refractivity contribution in [3.63, 3.8) is 0 Å². The normalized spacial score (nSPS) is 10.2. The molecule has 0 fully saturated rings. The largest absolute Gasteiger partial charge is 0.478 e. The molecule has 0 aliphatic rings. The summed E-state index contributed by atoms with van der Waals surface area (Å²) in [5.74, 6) is -0.901. The van der Waals surface area contributed by atoms with Crippen LogP contribution in [0.2, 0.25) is 0 Å². The van der Waals surface area contributed by atoms with Crippen LogP contribution in [0.15, 0.2) is 42.7 Å². The molecule has 0 saturated heterocycles. The number of hydrogen-bond donors (Lipinski definition) is 1. The topological polar surface area (TPSA) is 42.2 Å². The first-order valence-electron chi connectivity index (χ1n) is 4.66. The number of carboxylic acids is 1. The first-order valence-corrected chi connectivity index (χ1v) is 4.66. The van der Waals surface area contributed by atoms with E-state index in [-0.39, 0.29) is 0 Å². The summed E-state index contributed by atoms with van der Waals surface area (Å²) in [6, 6.07) is 9.13. The number of carbonyl (C=O) groups is 1. The summed E-state index contributed by atoms with van der Waals surface area (Å²) in [5, 5.41) is 9.08. The fourth-order valence-electron chi connectivity index (χ4n) is 1.54. The first-order chi connectivity index (χ1) is 7.18. The molecule has 0 aliphatic carbocycles. The Morgan fingerprint density at radius 3 is 2.53 bits per heavy atom. The van der Waals surface area contributed by atoms with Crippen molar-refractivity contribution in [2.24, 2.45) is 0 Å². The monoisotopic (exact) mass is 201 g/mol. The summed E-state index contributed by atoms with van der Waals surface area (Å²) in [6.45, 7) is 1.88. The van der Waals surface area contributed by atoms with Gasteiger partial charge in [-0.3, -0.25) is 0 Å². The average molecular weight is 201 g/mol. The van der Waals surface area contributed by atoms with Gasteiger partial charge in [0.15, 0.2) is 0 Å². The van der Waals surface area contributed by atoms with E-state index in [1.807, 2.05) is 43.6 Å². The minimum atomic E-state index is -0.901. The molecule has 76 valence electrons. The van der Waals surface area contributed by atoms with E-state index in [1.165, 1.54) is 0 Å². The summed E-state index contributed by atoms with van der Waals surface area (Å²) >= 11 is 0. The summed E-state index contributed by atoms with van der Waals surface area (Å²) in [7, 11) is 0. The highest BCUT2D eigenvalue weighted by Gasteiger charge is 2.10. The molecule has 1 heterocycles. The Bertz CT molecular complexity index is 486. The van der Waals surface area contributed by atoms with Gasteiger partial charge in [-0.25, -0.2) is 4.79 Å². The summed E-state index contributed by atoms with van der Waals surface area (Å²) < 4.78 is 1.79. The van der Waals surface area contributed by atoms with Crippen LogP contribution >= 0.6 is 0 Å². The van der Waals surface area contributed by atoms with E-state index in [4.69, 9.17) is 5.11 Å². The van der Waals surface area contributed by atoms with Crippen molar-refractivity contribution in [1.29, 1.82) is 0 Å². The van der Waals surface area contributed by atoms with Gasteiger partial charge < -0.3 is 9.67 Å². The maximum atomic E-state index is 11.1. The van der Waals surface area contributed by atoms with Gasteiger partial charge in [0.1, 0.15) is 0 Å². The smallest absolute Gasteiger partial charge is 0.337 e. The molecule has 1 aromatic carbocycles. The molecule has 3 nitrogen and oxygen atoms in total. The van der Waals surface area contributed by atoms with E-state index in [0.29, 0.717) is 11.3 Å². The van der Waals surface area contributed by atoms with Crippen LogP contribution < -0.4 is 0 Å². The maximum Gasteiger partial charge on any atom is 0.337 e. The third-order valence-electron chi connectivity index (χ3n) is 2.27. The van der Waals surface area contributed by atoms with Gasteiger partial charge in [-0.2, -0.15) is 0 Å². The number of carboxylic acid groups (broad SMARTS) is 1. The number of hydrogen-bond acceptors (Lipinski definition) is 1. The van der Waals surface area contributed by atoms with E-state index < -0.39 is 5.97 Å². The Hall–Kier alpha value is -2.03. The number of aromatic carboxylic acids is 1. The molecule has 0 bridgehead atoms. The molecule has 0 aliphatic heterocycles. The Kier molecular flexibility index (Phi) is 2.29. The molecule has 0 spiro atoms. The van der Waals surface area contributed by atoms with Crippen molar-refractivity contribution in [1.82, 2.24) is 4.57 Å². The molecular formula is C12H11NO2. The van der Waals surface area contributed by atoms with Crippen molar-refractivity contribution >= 4 is 5.97 Å². The van der Waals surface area contributed by atoms with Crippen LogP contribution in [0.5, 0.6) is 0 Å². The third-order valence-corrected chi connectivity index (χ3v) is 2.27. The van der Waals surface area contributed by atoms with Crippen molar-refractivity contribution in [2.45, 2.75) is 6.92 Å². The maximum absolute atomic E-state index is 11.1. The highest BCUT2D eigenvalue weighted by atomic mass is 16.4. The lowest BCUT2D eigenvalue weighted by molar-refractivity contribution is 0.0697. The minimum Gasteiger partial charge on any atom is -0.478 e. The Morgan fingerprint density at radius 2 is 1.93 bits per heavy atom. The fraction of sp³-hybridized carbons (Fsp3) is 0.0833. The van der Waals surface area contributed by atoms with Crippen LogP contribution in [0, 0.1) is 6.92 Å². The minimum absolute atomic E-state index is 0.325. The number of rotatable bonds is 2. The van der Waals surface area contributed by atoms with Crippen LogP contribution in [0.4, 0.5) is 0 Å². The molecule has 15 heavy (non-hydrogen) atoms. The lowest BCUT2D eigenvalue weighted by Gasteiger charge is -2.07. The van der Waals surface area contributed by atoms with E-state index in [2.05, 4.69) is 0 Å². The second kappa shape index (κ2) is 3.61. The molecule has 0 atom stereocenters. The summed E-state index contributed by atoms with van der Waals surface area (Å²) in [5.41, 5.74) is 1.97. The van der Waals surface area contributed by atoms with Crippen molar-refractivity contribution in [3.05, 3.63) is 53.9 Å². The van der Waals surface area contributed by atoms with E-state index >= 15 is 0 Å². The number of nitrogens with zero attached hydrogens (tertiary/aromatic N) is 1. The number of aryl methyl sites for hydroxylation is 1. The van der Waals surface area contributed by atoms with E-state index in [9.17, 15) is 4.79 Å². The summed E-state index contributed by atoms with van der Waals surface area (Å²) in [4.78, 5) is 11.1. The lowest BCUT2D eigenvalue weighted by Crippen LogP contribution is -2.04. The highest BCUT2D eigenvalue weighted by Crippen LogP contribution is 2.16. The van der Waals surface area contributed by atoms with Gasteiger partial charge in [0.25, 0.3) is 0 Å². The van der Waals surface area contributed by atoms with Crippen LogP contribution in [-0.4, -0.2) is 15.6 Å². The van der Waals surface area contributed by atoms with Crippen LogP contribution in [-0.2, 0) is 0 Å². The molecule has 0 radical (unpaired) electrons. The average Bonchev–Trinajstić information content (AvgIpc) is 2.70. The summed E-state index contributed by atoms with van der Waals surface area (Å²) in [6.07, 6.45) is 3.66. The van der Waals surface area contributed by atoms with Crippen LogP contribution in [0.1, 0.15) is 15.9 Å². The lowest BCUT2D eigenvalue weighted by atomic mass is 10.1. The van der Waals surface area contributed by atoms with Gasteiger partial charge in [0.2, 0.25) is 0 Å². The second-order valence-corrected chi connectivity index (χ2v) is 3.42. The Balaban J connectivity index is 2.61.